The molecule has 0 radical (unpaired) electrons. The van der Waals surface area contributed by atoms with Crippen molar-refractivity contribution in [2.45, 2.75) is 6.54 Å². The zero-order chi connectivity index (χ0) is 15.4. The number of benzene rings is 1. The van der Waals surface area contributed by atoms with Crippen molar-refractivity contribution in [3.05, 3.63) is 51.8 Å². The van der Waals surface area contributed by atoms with E-state index in [9.17, 15) is 4.79 Å². The predicted octanol–water partition coefficient (Wildman–Crippen LogP) is 3.71. The molecule has 1 aromatic carbocycles. The van der Waals surface area contributed by atoms with E-state index in [2.05, 4.69) is 10.3 Å². The number of aromatic carboxylic acids is 1. The van der Waals surface area contributed by atoms with Crippen LogP contribution in [0, 0.1) is 0 Å². The predicted molar refractivity (Wildman–Crippen MR) is 81.5 cm³/mol. The molecule has 0 fully saturated rings. The lowest BCUT2D eigenvalue weighted by atomic mass is 10.2. The number of hydrogen-bond donors (Lipinski definition) is 2. The highest BCUT2D eigenvalue weighted by molar-refractivity contribution is 6.33. The average Bonchev–Trinajstić information content (AvgIpc) is 2.44. The number of rotatable bonds is 5. The van der Waals surface area contributed by atoms with Gasteiger partial charge in [0.05, 0.1) is 17.8 Å². The molecule has 110 valence electrons. The molecule has 0 atom stereocenters. The molecule has 5 nitrogen and oxygen atoms in total. The lowest BCUT2D eigenvalue weighted by Crippen LogP contribution is -2.08. The van der Waals surface area contributed by atoms with E-state index in [1.807, 2.05) is 6.07 Å². The molecule has 21 heavy (non-hydrogen) atoms. The Balaban J connectivity index is 2.19. The molecule has 0 unspecified atom stereocenters. The summed E-state index contributed by atoms with van der Waals surface area (Å²) in [5, 5.41) is 12.6. The molecule has 2 rings (SSSR count). The zero-order valence-corrected chi connectivity index (χ0v) is 12.6. The maximum absolute atomic E-state index is 11.2. The van der Waals surface area contributed by atoms with Crippen molar-refractivity contribution in [3.8, 4) is 5.75 Å². The van der Waals surface area contributed by atoms with Gasteiger partial charge in [-0.2, -0.15) is 0 Å². The molecule has 0 bridgehead atoms. The number of pyridine rings is 1. The molecule has 0 aliphatic rings. The second kappa shape index (κ2) is 6.65. The minimum atomic E-state index is -1.14. The van der Waals surface area contributed by atoms with Gasteiger partial charge in [-0.25, -0.2) is 9.78 Å². The lowest BCUT2D eigenvalue weighted by molar-refractivity contribution is 0.0697. The van der Waals surface area contributed by atoms with Gasteiger partial charge in [0, 0.05) is 12.7 Å². The number of anilines is 1. The Labute approximate surface area is 131 Å². The van der Waals surface area contributed by atoms with Crippen LogP contribution in [-0.4, -0.2) is 23.2 Å². The normalized spacial score (nSPS) is 10.2. The third-order valence-corrected chi connectivity index (χ3v) is 3.40. The minimum Gasteiger partial charge on any atom is -0.495 e. The van der Waals surface area contributed by atoms with E-state index in [0.717, 1.165) is 5.56 Å². The molecule has 0 spiro atoms. The Bertz CT molecular complexity index is 677. The smallest absolute Gasteiger partial charge is 0.340 e. The molecule has 1 aromatic heterocycles. The van der Waals surface area contributed by atoms with Gasteiger partial charge in [0.15, 0.2) is 0 Å². The quantitative estimate of drug-likeness (QED) is 0.819. The number of aromatic nitrogens is 1. The number of hydrogen-bond acceptors (Lipinski definition) is 4. The summed E-state index contributed by atoms with van der Waals surface area (Å²) in [4.78, 5) is 14.9. The Morgan fingerprint density at radius 2 is 2.14 bits per heavy atom. The van der Waals surface area contributed by atoms with Crippen LogP contribution in [0.2, 0.25) is 10.2 Å². The Morgan fingerprint density at radius 3 is 2.76 bits per heavy atom. The second-order valence-corrected chi connectivity index (χ2v) is 4.92. The van der Waals surface area contributed by atoms with Gasteiger partial charge in [0.25, 0.3) is 0 Å². The summed E-state index contributed by atoms with van der Waals surface area (Å²) in [5.74, 6) is -0.554. The molecule has 0 aliphatic carbocycles. The zero-order valence-electron chi connectivity index (χ0n) is 11.1. The molecular formula is C14H12Cl2N2O3. The summed E-state index contributed by atoms with van der Waals surface area (Å²) < 4.78 is 5.07. The van der Waals surface area contributed by atoms with Gasteiger partial charge in [0.1, 0.15) is 16.5 Å². The van der Waals surface area contributed by atoms with Crippen molar-refractivity contribution in [3.63, 3.8) is 0 Å². The minimum absolute atomic E-state index is 0.0553. The van der Waals surface area contributed by atoms with Gasteiger partial charge in [-0.1, -0.05) is 29.3 Å². The molecule has 0 saturated heterocycles. The first-order chi connectivity index (χ1) is 10.0. The van der Waals surface area contributed by atoms with Crippen LogP contribution in [0.15, 0.2) is 30.5 Å². The Hall–Kier alpha value is -1.98. The fourth-order valence-electron chi connectivity index (χ4n) is 1.80. The van der Waals surface area contributed by atoms with Gasteiger partial charge in [-0.05, 0) is 23.8 Å². The van der Waals surface area contributed by atoms with Gasteiger partial charge in [-0.15, -0.1) is 0 Å². The standard InChI is InChI=1S/C14H12Cl2N2O3/c1-21-11-3-2-8(6-9(11)15)7-18-10-4-5-17-13(16)12(10)14(19)20/h2-6H,7H2,1H3,(H,17,18)(H,19,20). The first-order valence-electron chi connectivity index (χ1n) is 5.97. The van der Waals surface area contributed by atoms with Crippen molar-refractivity contribution >= 4 is 34.9 Å². The van der Waals surface area contributed by atoms with Crippen LogP contribution in [0.4, 0.5) is 5.69 Å². The highest BCUT2D eigenvalue weighted by atomic mass is 35.5. The van der Waals surface area contributed by atoms with E-state index in [4.69, 9.17) is 33.0 Å². The first kappa shape index (κ1) is 15.4. The summed E-state index contributed by atoms with van der Waals surface area (Å²) in [6, 6.07) is 6.88. The van der Waals surface area contributed by atoms with Crippen molar-refractivity contribution in [2.24, 2.45) is 0 Å². The lowest BCUT2D eigenvalue weighted by Gasteiger charge is -2.11. The van der Waals surface area contributed by atoms with Crippen LogP contribution in [0.3, 0.4) is 0 Å². The van der Waals surface area contributed by atoms with Crippen molar-refractivity contribution in [1.29, 1.82) is 0 Å². The molecule has 7 heteroatoms. The van der Waals surface area contributed by atoms with Gasteiger partial charge < -0.3 is 15.2 Å². The Kier molecular flexibility index (Phi) is 4.88. The molecule has 0 amide bonds. The van der Waals surface area contributed by atoms with E-state index >= 15 is 0 Å². The molecule has 0 aliphatic heterocycles. The van der Waals surface area contributed by atoms with Crippen LogP contribution < -0.4 is 10.1 Å². The third kappa shape index (κ3) is 3.56. The fraction of sp³-hybridized carbons (Fsp3) is 0.143. The van der Waals surface area contributed by atoms with Crippen molar-refractivity contribution in [1.82, 2.24) is 4.98 Å². The molecule has 0 saturated carbocycles. The monoisotopic (exact) mass is 326 g/mol. The van der Waals surface area contributed by atoms with Crippen molar-refractivity contribution < 1.29 is 14.6 Å². The summed E-state index contributed by atoms with van der Waals surface area (Å²) >= 11 is 11.8. The van der Waals surface area contributed by atoms with Crippen LogP contribution >= 0.6 is 23.2 Å². The van der Waals surface area contributed by atoms with Crippen LogP contribution in [-0.2, 0) is 6.54 Å². The number of halogens is 2. The summed E-state index contributed by atoms with van der Waals surface area (Å²) in [6.07, 6.45) is 1.44. The highest BCUT2D eigenvalue weighted by Crippen LogP contribution is 2.26. The topological polar surface area (TPSA) is 71.5 Å². The van der Waals surface area contributed by atoms with E-state index < -0.39 is 5.97 Å². The number of nitrogens with one attached hydrogen (secondary N) is 1. The number of methoxy groups -OCH3 is 1. The maximum Gasteiger partial charge on any atom is 0.340 e. The second-order valence-electron chi connectivity index (χ2n) is 4.15. The largest absolute Gasteiger partial charge is 0.495 e. The maximum atomic E-state index is 11.2. The Morgan fingerprint density at radius 1 is 1.38 bits per heavy atom. The van der Waals surface area contributed by atoms with Crippen LogP contribution in [0.5, 0.6) is 5.75 Å². The van der Waals surface area contributed by atoms with E-state index in [1.54, 1.807) is 18.2 Å². The number of carboxylic acids is 1. The molecule has 2 N–H and O–H groups in total. The fourth-order valence-corrected chi connectivity index (χ4v) is 2.32. The molecule has 2 aromatic rings. The van der Waals surface area contributed by atoms with E-state index in [-0.39, 0.29) is 10.7 Å². The molecule has 1 heterocycles. The van der Waals surface area contributed by atoms with Crippen LogP contribution in [0.1, 0.15) is 15.9 Å². The molecular weight excluding hydrogens is 315 g/mol. The summed E-state index contributed by atoms with van der Waals surface area (Å²) in [5.41, 5.74) is 1.22. The van der Waals surface area contributed by atoms with E-state index in [1.165, 1.54) is 13.3 Å². The van der Waals surface area contributed by atoms with Gasteiger partial charge in [0.2, 0.25) is 0 Å². The summed E-state index contributed by atoms with van der Waals surface area (Å²) in [7, 11) is 1.54. The number of nitrogens with zero attached hydrogens (tertiary/aromatic N) is 1. The SMILES string of the molecule is COc1ccc(CNc2ccnc(Cl)c2C(=O)O)cc1Cl. The van der Waals surface area contributed by atoms with Crippen molar-refractivity contribution in [2.75, 3.05) is 12.4 Å². The van der Waals surface area contributed by atoms with Crippen LogP contribution in [0.25, 0.3) is 0 Å². The third-order valence-electron chi connectivity index (χ3n) is 2.82. The number of carbonyl (C=O) groups is 1. The summed E-state index contributed by atoms with van der Waals surface area (Å²) in [6.45, 7) is 0.393. The van der Waals surface area contributed by atoms with Gasteiger partial charge in [-0.3, -0.25) is 0 Å². The number of carboxylic acid groups (broad SMARTS) is 1. The number of ether oxygens (including phenoxy) is 1. The van der Waals surface area contributed by atoms with E-state index in [0.29, 0.717) is 23.0 Å². The van der Waals surface area contributed by atoms with Gasteiger partial charge >= 0.3 is 5.97 Å². The first-order valence-corrected chi connectivity index (χ1v) is 6.72. The highest BCUT2D eigenvalue weighted by Gasteiger charge is 2.15. The average molecular weight is 327 g/mol.